The van der Waals surface area contributed by atoms with Crippen LogP contribution in [0.15, 0.2) is 29.6 Å². The van der Waals surface area contributed by atoms with E-state index in [9.17, 15) is 4.79 Å². The summed E-state index contributed by atoms with van der Waals surface area (Å²) in [7, 11) is 3.98. The van der Waals surface area contributed by atoms with Crippen LogP contribution in [0.2, 0.25) is 0 Å². The normalized spacial score (nSPS) is 10.3. The van der Waals surface area contributed by atoms with Crippen LogP contribution < -0.4 is 4.90 Å². The van der Waals surface area contributed by atoms with Gasteiger partial charge >= 0.3 is 5.97 Å². The molecule has 0 unspecified atom stereocenters. The second-order valence-electron chi connectivity index (χ2n) is 4.16. The van der Waals surface area contributed by atoms with Crippen LogP contribution in [0.1, 0.15) is 5.69 Å². The SMILES string of the molecule is CN(C)c1ccc(-c2nc(CC(=O)O)cs2)cc1. The maximum absolute atomic E-state index is 10.6. The van der Waals surface area contributed by atoms with Gasteiger partial charge in [0.2, 0.25) is 0 Å². The molecular formula is C13H14N2O2S. The third kappa shape index (κ3) is 2.87. The monoisotopic (exact) mass is 262 g/mol. The maximum atomic E-state index is 10.6. The number of hydrogen-bond donors (Lipinski definition) is 1. The second kappa shape index (κ2) is 5.18. The highest BCUT2D eigenvalue weighted by atomic mass is 32.1. The van der Waals surface area contributed by atoms with Crippen molar-refractivity contribution in [2.24, 2.45) is 0 Å². The van der Waals surface area contributed by atoms with Gasteiger partial charge in [-0.1, -0.05) is 0 Å². The van der Waals surface area contributed by atoms with Crippen molar-refractivity contribution in [3.05, 3.63) is 35.3 Å². The molecule has 0 saturated heterocycles. The third-order valence-corrected chi connectivity index (χ3v) is 3.45. The molecule has 0 aliphatic carbocycles. The molecule has 2 aromatic rings. The highest BCUT2D eigenvalue weighted by Crippen LogP contribution is 2.25. The zero-order valence-electron chi connectivity index (χ0n) is 10.3. The van der Waals surface area contributed by atoms with Crippen molar-refractivity contribution in [3.8, 4) is 10.6 Å². The highest BCUT2D eigenvalue weighted by Gasteiger charge is 2.08. The molecule has 1 N–H and O–H groups in total. The summed E-state index contributed by atoms with van der Waals surface area (Å²) in [6.07, 6.45) is -0.0215. The molecule has 0 aliphatic heterocycles. The van der Waals surface area contributed by atoms with Gasteiger partial charge in [-0.25, -0.2) is 4.98 Å². The van der Waals surface area contributed by atoms with Crippen molar-refractivity contribution in [3.63, 3.8) is 0 Å². The van der Waals surface area contributed by atoms with E-state index in [4.69, 9.17) is 5.11 Å². The molecule has 1 aromatic heterocycles. The molecule has 1 heterocycles. The van der Waals surface area contributed by atoms with Crippen LogP contribution >= 0.6 is 11.3 Å². The van der Waals surface area contributed by atoms with Crippen molar-refractivity contribution >= 4 is 23.0 Å². The van der Waals surface area contributed by atoms with E-state index in [1.165, 1.54) is 11.3 Å². The Labute approximate surface area is 110 Å². The summed E-state index contributed by atoms with van der Waals surface area (Å²) in [6, 6.07) is 8.04. The molecule has 1 aromatic carbocycles. The Morgan fingerprint density at radius 2 is 2.00 bits per heavy atom. The minimum atomic E-state index is -0.852. The van der Waals surface area contributed by atoms with E-state index >= 15 is 0 Å². The molecule has 0 radical (unpaired) electrons. The summed E-state index contributed by atoms with van der Waals surface area (Å²) in [5.74, 6) is -0.852. The van der Waals surface area contributed by atoms with E-state index in [-0.39, 0.29) is 6.42 Å². The number of carboxylic acids is 1. The van der Waals surface area contributed by atoms with Crippen LogP contribution in [-0.4, -0.2) is 30.2 Å². The summed E-state index contributed by atoms with van der Waals surface area (Å²) in [5.41, 5.74) is 2.75. The lowest BCUT2D eigenvalue weighted by molar-refractivity contribution is -0.136. The van der Waals surface area contributed by atoms with E-state index in [0.717, 1.165) is 16.3 Å². The molecule has 2 rings (SSSR count). The minimum Gasteiger partial charge on any atom is -0.481 e. The molecule has 18 heavy (non-hydrogen) atoms. The maximum Gasteiger partial charge on any atom is 0.309 e. The number of benzene rings is 1. The minimum absolute atomic E-state index is 0.0215. The quantitative estimate of drug-likeness (QED) is 0.919. The number of hydrogen-bond acceptors (Lipinski definition) is 4. The molecule has 94 valence electrons. The molecule has 0 bridgehead atoms. The van der Waals surface area contributed by atoms with Gasteiger partial charge in [-0.3, -0.25) is 4.79 Å². The Balaban J connectivity index is 2.20. The van der Waals surface area contributed by atoms with Gasteiger partial charge in [-0.05, 0) is 24.3 Å². The lowest BCUT2D eigenvalue weighted by atomic mass is 10.2. The topological polar surface area (TPSA) is 53.4 Å². The molecule has 5 heteroatoms. The van der Waals surface area contributed by atoms with Gasteiger partial charge in [0.15, 0.2) is 0 Å². The first kappa shape index (κ1) is 12.6. The van der Waals surface area contributed by atoms with Gasteiger partial charge in [-0.2, -0.15) is 0 Å². The van der Waals surface area contributed by atoms with Crippen LogP contribution in [0.4, 0.5) is 5.69 Å². The number of carbonyl (C=O) groups is 1. The molecule has 4 nitrogen and oxygen atoms in total. The summed E-state index contributed by atoms with van der Waals surface area (Å²) in [4.78, 5) is 16.9. The largest absolute Gasteiger partial charge is 0.481 e. The predicted molar refractivity (Wildman–Crippen MR) is 73.2 cm³/mol. The van der Waals surface area contributed by atoms with Gasteiger partial charge in [0.25, 0.3) is 0 Å². The molecule has 0 spiro atoms. The van der Waals surface area contributed by atoms with Crippen LogP contribution in [0, 0.1) is 0 Å². The Bertz CT molecular complexity index is 546. The standard InChI is InChI=1S/C13H14N2O2S/c1-15(2)11-5-3-9(4-6-11)13-14-10(8-18-13)7-12(16)17/h3-6,8H,7H2,1-2H3,(H,16,17). The third-order valence-electron chi connectivity index (χ3n) is 2.51. The molecule has 0 saturated carbocycles. The Hall–Kier alpha value is -1.88. The zero-order chi connectivity index (χ0) is 13.1. The zero-order valence-corrected chi connectivity index (χ0v) is 11.1. The number of nitrogens with zero attached hydrogens (tertiary/aromatic N) is 2. The Morgan fingerprint density at radius 3 is 2.56 bits per heavy atom. The summed E-state index contributed by atoms with van der Waals surface area (Å²) in [6.45, 7) is 0. The van der Waals surface area contributed by atoms with E-state index in [1.54, 1.807) is 5.38 Å². The first-order chi connectivity index (χ1) is 8.56. The van der Waals surface area contributed by atoms with Crippen LogP contribution in [0.25, 0.3) is 10.6 Å². The highest BCUT2D eigenvalue weighted by molar-refractivity contribution is 7.13. The lowest BCUT2D eigenvalue weighted by Crippen LogP contribution is -2.07. The molecular weight excluding hydrogens is 248 g/mol. The summed E-state index contributed by atoms with van der Waals surface area (Å²) in [5, 5.41) is 11.4. The van der Waals surface area contributed by atoms with Crippen molar-refractivity contribution < 1.29 is 9.90 Å². The second-order valence-corrected chi connectivity index (χ2v) is 5.01. The van der Waals surface area contributed by atoms with Crippen molar-refractivity contribution in [2.45, 2.75) is 6.42 Å². The molecule has 0 fully saturated rings. The van der Waals surface area contributed by atoms with Gasteiger partial charge in [0.05, 0.1) is 12.1 Å². The Morgan fingerprint density at radius 1 is 1.33 bits per heavy atom. The van der Waals surface area contributed by atoms with E-state index in [0.29, 0.717) is 5.69 Å². The fourth-order valence-electron chi connectivity index (χ4n) is 1.58. The van der Waals surface area contributed by atoms with E-state index < -0.39 is 5.97 Å². The van der Waals surface area contributed by atoms with Gasteiger partial charge < -0.3 is 10.0 Å². The summed E-state index contributed by atoms with van der Waals surface area (Å²) < 4.78 is 0. The average Bonchev–Trinajstić information content (AvgIpc) is 2.76. The first-order valence-electron chi connectivity index (χ1n) is 5.50. The van der Waals surface area contributed by atoms with Gasteiger partial charge in [0.1, 0.15) is 5.01 Å². The molecule has 0 amide bonds. The lowest BCUT2D eigenvalue weighted by Gasteiger charge is -2.11. The molecule has 0 aliphatic rings. The number of aliphatic carboxylic acids is 1. The smallest absolute Gasteiger partial charge is 0.309 e. The van der Waals surface area contributed by atoms with Crippen LogP contribution in [0.5, 0.6) is 0 Å². The van der Waals surface area contributed by atoms with Crippen molar-refractivity contribution in [1.82, 2.24) is 4.98 Å². The number of carboxylic acid groups (broad SMARTS) is 1. The molecule has 0 atom stereocenters. The van der Waals surface area contributed by atoms with E-state index in [1.807, 2.05) is 43.3 Å². The van der Waals surface area contributed by atoms with Crippen molar-refractivity contribution in [1.29, 1.82) is 0 Å². The fraction of sp³-hybridized carbons (Fsp3) is 0.231. The van der Waals surface area contributed by atoms with Crippen LogP contribution in [-0.2, 0) is 11.2 Å². The number of aromatic nitrogens is 1. The fourth-order valence-corrected chi connectivity index (χ4v) is 2.40. The van der Waals surface area contributed by atoms with E-state index in [2.05, 4.69) is 4.98 Å². The predicted octanol–water partition coefficient (Wildman–Crippen LogP) is 2.50. The van der Waals surface area contributed by atoms with Gasteiger partial charge in [-0.15, -0.1) is 11.3 Å². The van der Waals surface area contributed by atoms with Gasteiger partial charge in [0, 0.05) is 30.7 Å². The summed E-state index contributed by atoms with van der Waals surface area (Å²) >= 11 is 1.47. The average molecular weight is 262 g/mol. The van der Waals surface area contributed by atoms with Crippen LogP contribution in [0.3, 0.4) is 0 Å². The number of thiazole rings is 1. The number of rotatable bonds is 4. The Kier molecular flexibility index (Phi) is 3.62. The van der Waals surface area contributed by atoms with Crippen molar-refractivity contribution in [2.75, 3.05) is 19.0 Å². The number of anilines is 1. The first-order valence-corrected chi connectivity index (χ1v) is 6.38.